The van der Waals surface area contributed by atoms with Crippen LogP contribution in [0.25, 0.3) is 43.1 Å². The third kappa shape index (κ3) is 2.77. The number of rotatable bonds is 4. The Labute approximate surface area is 234 Å². The van der Waals surface area contributed by atoms with Crippen LogP contribution in [0, 0.1) is 0 Å². The number of nitrogens with zero attached hydrogens (tertiary/aromatic N) is 2. The van der Waals surface area contributed by atoms with Crippen LogP contribution in [-0.2, 0) is 0 Å². The van der Waals surface area contributed by atoms with Crippen LogP contribution in [-0.4, -0.2) is 46.5 Å². The van der Waals surface area contributed by atoms with E-state index in [2.05, 4.69) is 31.9 Å². The number of benzene rings is 5. The standard InChI is InChI=1S/C30H20Br2N2O4/c1-3-9-33-27(35)15-7-5-13-24-20(32)12-18-22-16(28(36)34(10-4-2)30(18)38)8-6-14(26(22)24)23-19(31)11-17(29(33)37)21(15)25(13)23/h5-8,11-12H,3-4,9-10H2,1-2H3. The van der Waals surface area contributed by atoms with E-state index in [4.69, 9.17) is 0 Å². The number of fused-ring (bicyclic) bond motifs is 2. The van der Waals surface area contributed by atoms with E-state index in [9.17, 15) is 19.2 Å². The van der Waals surface area contributed by atoms with Crippen LogP contribution in [0.1, 0.15) is 68.1 Å². The van der Waals surface area contributed by atoms with Gasteiger partial charge < -0.3 is 0 Å². The maximum absolute atomic E-state index is 13.5. The van der Waals surface area contributed by atoms with Gasteiger partial charge in [0.25, 0.3) is 23.6 Å². The van der Waals surface area contributed by atoms with Crippen molar-refractivity contribution in [2.45, 2.75) is 26.7 Å². The summed E-state index contributed by atoms with van der Waals surface area (Å²) >= 11 is 7.47. The van der Waals surface area contributed by atoms with Gasteiger partial charge in [-0.2, -0.15) is 0 Å². The van der Waals surface area contributed by atoms with E-state index in [1.807, 2.05) is 26.0 Å². The first kappa shape index (κ1) is 23.7. The summed E-state index contributed by atoms with van der Waals surface area (Å²) in [6.07, 6.45) is 1.35. The van der Waals surface area contributed by atoms with Crippen LogP contribution >= 0.6 is 31.9 Å². The Bertz CT molecular complexity index is 1820. The summed E-state index contributed by atoms with van der Waals surface area (Å²) in [4.78, 5) is 56.4. The van der Waals surface area contributed by atoms with Crippen LogP contribution < -0.4 is 0 Å². The summed E-state index contributed by atoms with van der Waals surface area (Å²) in [5.41, 5.74) is 2.00. The average Bonchev–Trinajstić information content (AvgIpc) is 2.90. The molecule has 0 N–H and O–H groups in total. The molecule has 2 aliphatic rings. The number of carbonyl (C=O) groups is 4. The van der Waals surface area contributed by atoms with Gasteiger partial charge in [-0.25, -0.2) is 0 Å². The number of carbonyl (C=O) groups excluding carboxylic acids is 4. The molecule has 8 heteroatoms. The Kier molecular flexibility index (Phi) is 5.04. The second kappa shape index (κ2) is 8.07. The molecule has 0 aromatic heterocycles. The molecule has 2 heterocycles. The van der Waals surface area contributed by atoms with Crippen LogP contribution in [0.5, 0.6) is 0 Å². The zero-order valence-corrected chi connectivity index (χ0v) is 23.7. The molecule has 0 radical (unpaired) electrons. The van der Waals surface area contributed by atoms with E-state index >= 15 is 0 Å². The summed E-state index contributed by atoms with van der Waals surface area (Å²) in [5.74, 6) is -1.16. The van der Waals surface area contributed by atoms with Crippen molar-refractivity contribution in [1.29, 1.82) is 0 Å². The highest BCUT2D eigenvalue weighted by molar-refractivity contribution is 9.11. The quantitative estimate of drug-likeness (QED) is 0.119. The van der Waals surface area contributed by atoms with Gasteiger partial charge in [0.1, 0.15) is 0 Å². The van der Waals surface area contributed by atoms with Gasteiger partial charge in [-0.05, 0) is 47.9 Å². The van der Waals surface area contributed by atoms with Gasteiger partial charge in [-0.15, -0.1) is 0 Å². The first-order valence-electron chi connectivity index (χ1n) is 12.6. The molecule has 7 rings (SSSR count). The number of hydrogen-bond acceptors (Lipinski definition) is 4. The van der Waals surface area contributed by atoms with Gasteiger partial charge in [0.15, 0.2) is 0 Å². The Balaban J connectivity index is 1.69. The van der Waals surface area contributed by atoms with E-state index in [0.717, 1.165) is 41.3 Å². The number of halogens is 2. The molecule has 2 aliphatic heterocycles. The molecular formula is C30H20Br2N2O4. The van der Waals surface area contributed by atoms with Crippen LogP contribution in [0.15, 0.2) is 45.3 Å². The van der Waals surface area contributed by atoms with Crippen molar-refractivity contribution < 1.29 is 19.2 Å². The fourth-order valence-corrected chi connectivity index (χ4v) is 7.60. The molecule has 0 saturated carbocycles. The minimum Gasteiger partial charge on any atom is -0.274 e. The highest BCUT2D eigenvalue weighted by Gasteiger charge is 2.37. The molecule has 38 heavy (non-hydrogen) atoms. The van der Waals surface area contributed by atoms with E-state index in [0.29, 0.717) is 59.0 Å². The maximum atomic E-state index is 13.5. The van der Waals surface area contributed by atoms with Crippen molar-refractivity contribution in [1.82, 2.24) is 9.80 Å². The zero-order chi connectivity index (χ0) is 26.6. The summed E-state index contributed by atoms with van der Waals surface area (Å²) in [6.45, 7) is 4.59. The monoisotopic (exact) mass is 630 g/mol. The lowest BCUT2D eigenvalue weighted by atomic mass is 9.82. The summed E-state index contributed by atoms with van der Waals surface area (Å²) in [6, 6.07) is 11.0. The minimum atomic E-state index is -0.295. The molecular weight excluding hydrogens is 612 g/mol. The molecule has 0 aliphatic carbocycles. The Morgan fingerprint density at radius 3 is 1.26 bits per heavy atom. The predicted molar refractivity (Wildman–Crippen MR) is 154 cm³/mol. The van der Waals surface area contributed by atoms with Crippen LogP contribution in [0.3, 0.4) is 0 Å². The van der Waals surface area contributed by atoms with Crippen molar-refractivity contribution >= 4 is 98.6 Å². The highest BCUT2D eigenvalue weighted by atomic mass is 79.9. The fourth-order valence-electron chi connectivity index (χ4n) is 6.32. The average molecular weight is 632 g/mol. The maximum Gasteiger partial charge on any atom is 0.261 e. The Morgan fingerprint density at radius 2 is 0.895 bits per heavy atom. The van der Waals surface area contributed by atoms with E-state index in [-0.39, 0.29) is 23.6 Å². The van der Waals surface area contributed by atoms with Gasteiger partial charge in [0.2, 0.25) is 0 Å². The zero-order valence-electron chi connectivity index (χ0n) is 20.6. The van der Waals surface area contributed by atoms with Gasteiger partial charge >= 0.3 is 0 Å². The third-order valence-corrected chi connectivity index (χ3v) is 9.06. The first-order valence-corrected chi connectivity index (χ1v) is 14.2. The van der Waals surface area contributed by atoms with Crippen molar-refractivity contribution in [3.63, 3.8) is 0 Å². The van der Waals surface area contributed by atoms with E-state index < -0.39 is 0 Å². The number of hydrogen-bond donors (Lipinski definition) is 0. The van der Waals surface area contributed by atoms with E-state index in [1.54, 1.807) is 24.3 Å². The second-order valence-electron chi connectivity index (χ2n) is 9.91. The molecule has 0 spiro atoms. The van der Waals surface area contributed by atoms with Gasteiger partial charge in [0.05, 0.1) is 0 Å². The molecule has 0 atom stereocenters. The molecule has 0 unspecified atom stereocenters. The molecule has 5 aromatic carbocycles. The molecule has 0 bridgehead atoms. The summed E-state index contributed by atoms with van der Waals surface area (Å²) in [7, 11) is 0. The normalized spacial score (nSPS) is 15.4. The largest absolute Gasteiger partial charge is 0.274 e. The molecule has 0 fully saturated rings. The number of amides is 4. The lowest BCUT2D eigenvalue weighted by Gasteiger charge is -2.30. The van der Waals surface area contributed by atoms with Gasteiger partial charge in [0, 0.05) is 76.6 Å². The lowest BCUT2D eigenvalue weighted by Crippen LogP contribution is -2.41. The van der Waals surface area contributed by atoms with Crippen molar-refractivity contribution in [3.05, 3.63) is 67.6 Å². The minimum absolute atomic E-state index is 0.286. The molecule has 6 nitrogen and oxygen atoms in total. The molecule has 4 amide bonds. The van der Waals surface area contributed by atoms with Crippen LogP contribution in [0.4, 0.5) is 0 Å². The Hall–Kier alpha value is -3.36. The third-order valence-electron chi connectivity index (χ3n) is 7.80. The highest BCUT2D eigenvalue weighted by Crippen LogP contribution is 2.50. The van der Waals surface area contributed by atoms with Gasteiger partial charge in [-0.3, -0.25) is 29.0 Å². The van der Waals surface area contributed by atoms with Crippen molar-refractivity contribution in [2.75, 3.05) is 13.1 Å². The SMILES string of the molecule is CCCN1C(=O)c2ccc3c4c(Br)cc5c6c(ccc(c7c(Br)cc(c2c37)C1=O)c64)C(=O)N(CCC)C5=O. The smallest absolute Gasteiger partial charge is 0.261 e. The molecule has 0 saturated heterocycles. The fraction of sp³-hybridized carbons (Fsp3) is 0.200. The summed E-state index contributed by atoms with van der Waals surface area (Å²) in [5, 5.41) is 6.34. The first-order chi connectivity index (χ1) is 18.3. The van der Waals surface area contributed by atoms with Crippen molar-refractivity contribution in [3.8, 4) is 0 Å². The van der Waals surface area contributed by atoms with E-state index in [1.165, 1.54) is 9.80 Å². The summed E-state index contributed by atoms with van der Waals surface area (Å²) < 4.78 is 1.45. The second-order valence-corrected chi connectivity index (χ2v) is 11.6. The molecule has 5 aromatic rings. The van der Waals surface area contributed by atoms with Crippen LogP contribution in [0.2, 0.25) is 0 Å². The Morgan fingerprint density at radius 1 is 0.526 bits per heavy atom. The topological polar surface area (TPSA) is 74.8 Å². The predicted octanol–water partition coefficient (Wildman–Crippen LogP) is 7.27. The number of imide groups is 2. The van der Waals surface area contributed by atoms with Gasteiger partial charge in [-0.1, -0.05) is 57.8 Å². The molecule has 188 valence electrons. The van der Waals surface area contributed by atoms with Crippen molar-refractivity contribution in [2.24, 2.45) is 0 Å². The lowest BCUT2D eigenvalue weighted by molar-refractivity contribution is 0.0595.